The Bertz CT molecular complexity index is 314. The van der Waals surface area contributed by atoms with Gasteiger partial charge in [-0.1, -0.05) is 96.8 Å². The summed E-state index contributed by atoms with van der Waals surface area (Å²) in [6, 6.07) is 0. The second-order valence-corrected chi connectivity index (χ2v) is 8.12. The lowest BCUT2D eigenvalue weighted by atomic mass is 10.0. The molecule has 0 amide bonds. The normalized spacial score (nSPS) is 11.2. The van der Waals surface area contributed by atoms with Gasteiger partial charge in [0.15, 0.2) is 20.2 Å². The molecule has 0 rings (SSSR count). The van der Waals surface area contributed by atoms with Crippen molar-refractivity contribution >= 4 is 5.97 Å². The Labute approximate surface area is 173 Å². The van der Waals surface area contributed by atoms with Crippen LogP contribution in [0.5, 0.6) is 0 Å². The van der Waals surface area contributed by atoms with Crippen LogP contribution in [0.3, 0.4) is 0 Å². The monoisotopic (exact) mass is 405 g/mol. The summed E-state index contributed by atoms with van der Waals surface area (Å²) < 4.78 is -0.125. The molecule has 0 aliphatic rings. The third-order valence-electron chi connectivity index (χ3n) is 5.01. The number of aliphatic carboxylic acids is 1. The highest BCUT2D eigenvalue weighted by Crippen LogP contribution is 2.13. The second kappa shape index (κ2) is 22.6. The van der Waals surface area contributed by atoms with Crippen molar-refractivity contribution in [3.8, 4) is 0 Å². The third kappa shape index (κ3) is 23.3. The number of hydrogen-bond acceptors (Lipinski definition) is 5. The molecule has 0 spiro atoms. The van der Waals surface area contributed by atoms with Crippen molar-refractivity contribution < 1.29 is 29.7 Å². The highest BCUT2D eigenvalue weighted by molar-refractivity contribution is 5.63. The largest absolute Gasteiger partial charge is 0.550 e. The van der Waals surface area contributed by atoms with E-state index >= 15 is 0 Å². The Balaban J connectivity index is 0. The first kappa shape index (κ1) is 29.5. The predicted molar refractivity (Wildman–Crippen MR) is 112 cm³/mol. The zero-order valence-corrected chi connectivity index (χ0v) is 18.5. The molecule has 0 unspecified atom stereocenters. The lowest BCUT2D eigenvalue weighted by molar-refractivity contribution is -0.959. The van der Waals surface area contributed by atoms with Gasteiger partial charge in [0.25, 0.3) is 0 Å². The van der Waals surface area contributed by atoms with Gasteiger partial charge in [0.2, 0.25) is 0 Å². The van der Waals surface area contributed by atoms with Gasteiger partial charge in [-0.25, -0.2) is 0 Å². The van der Waals surface area contributed by atoms with Crippen LogP contribution in [0, 0.1) is 0 Å². The smallest absolute Gasteiger partial charge is 0.183 e. The van der Waals surface area contributed by atoms with Crippen molar-refractivity contribution in [3.63, 3.8) is 0 Å². The fourth-order valence-corrected chi connectivity index (χ4v) is 2.77. The van der Waals surface area contributed by atoms with Gasteiger partial charge in [0.05, 0.1) is 7.05 Å². The minimum atomic E-state index is -0.903. The molecule has 170 valence electrons. The topological polar surface area (TPSA) is 101 Å². The number of carbonyl (C=O) groups excluding carboxylic acids is 1. The Kier molecular flexibility index (Phi) is 23.8. The number of rotatable bonds is 19. The highest BCUT2D eigenvalue weighted by Gasteiger charge is 2.15. The Hall–Kier alpha value is -0.690. The summed E-state index contributed by atoms with van der Waals surface area (Å²) in [5, 5.41) is 35.5. The molecule has 0 aliphatic heterocycles. The molecule has 6 heteroatoms. The van der Waals surface area contributed by atoms with Crippen molar-refractivity contribution in [1.29, 1.82) is 0 Å². The zero-order chi connectivity index (χ0) is 21.5. The summed E-state index contributed by atoms with van der Waals surface area (Å²) in [6.45, 7) is 1.54. The van der Waals surface area contributed by atoms with Gasteiger partial charge < -0.3 is 25.2 Å². The van der Waals surface area contributed by atoms with Crippen molar-refractivity contribution in [2.75, 3.05) is 27.2 Å². The molecule has 0 heterocycles. The molecule has 0 bridgehead atoms. The number of carboxylic acids is 1. The fraction of sp³-hybridized carbons (Fsp3) is 0.955. The number of aliphatic hydroxyl groups excluding tert-OH is 3. The fourth-order valence-electron chi connectivity index (χ4n) is 2.77. The molecule has 28 heavy (non-hydrogen) atoms. The van der Waals surface area contributed by atoms with Gasteiger partial charge >= 0.3 is 0 Å². The molecule has 0 aromatic rings. The number of aliphatic hydroxyl groups is 3. The third-order valence-corrected chi connectivity index (χ3v) is 5.01. The molecule has 0 aliphatic carbocycles. The molecule has 0 aromatic carbocycles. The predicted octanol–water partition coefficient (Wildman–Crippen LogP) is 3.28. The van der Waals surface area contributed by atoms with Crippen molar-refractivity contribution in [2.24, 2.45) is 0 Å². The molecule has 0 atom stereocenters. The van der Waals surface area contributed by atoms with Gasteiger partial charge in [-0.2, -0.15) is 0 Å². The summed E-state index contributed by atoms with van der Waals surface area (Å²) in [4.78, 5) is 10.2. The van der Waals surface area contributed by atoms with E-state index in [1.165, 1.54) is 83.5 Å². The van der Waals surface area contributed by atoms with Crippen LogP contribution in [-0.2, 0) is 4.79 Å². The van der Waals surface area contributed by atoms with Crippen molar-refractivity contribution in [1.82, 2.24) is 0 Å². The SMILES string of the molecule is CCCCCCCCCCCCCCCCCC(=O)[O-].C[N+](CO)(CO)CO. The van der Waals surface area contributed by atoms with E-state index in [4.69, 9.17) is 15.3 Å². The number of carbonyl (C=O) groups is 1. The average Bonchev–Trinajstić information content (AvgIpc) is 2.70. The first-order chi connectivity index (χ1) is 13.5. The molecule has 0 radical (unpaired) electrons. The van der Waals surface area contributed by atoms with E-state index in [0.29, 0.717) is 0 Å². The van der Waals surface area contributed by atoms with Crippen LogP contribution in [0.4, 0.5) is 0 Å². The van der Waals surface area contributed by atoms with Crippen LogP contribution in [-0.4, -0.2) is 53.0 Å². The first-order valence-corrected chi connectivity index (χ1v) is 11.3. The molecule has 3 N–H and O–H groups in total. The number of nitrogens with zero attached hydrogens (tertiary/aromatic N) is 1. The highest BCUT2D eigenvalue weighted by atomic mass is 16.4. The molecular formula is C22H47NO5. The summed E-state index contributed by atoms with van der Waals surface area (Å²) in [5.41, 5.74) is 0. The second-order valence-electron chi connectivity index (χ2n) is 8.12. The maximum Gasteiger partial charge on any atom is 0.183 e. The van der Waals surface area contributed by atoms with Crippen LogP contribution >= 0.6 is 0 Å². The number of quaternary nitrogens is 1. The maximum absolute atomic E-state index is 10.2. The van der Waals surface area contributed by atoms with Gasteiger partial charge in [-0.15, -0.1) is 0 Å². The standard InChI is InChI=1S/C18H36O2.C4H12NO3/c1-2-3-4-5-6-7-8-9-10-11-12-13-14-15-16-17-18(19)20;1-5(2-6,3-7)4-8/h2-17H2,1H3,(H,19,20);6-8H,2-4H2,1H3/q;+1/p-1. The molecule has 0 fully saturated rings. The van der Waals surface area contributed by atoms with E-state index in [2.05, 4.69) is 6.92 Å². The Morgan fingerprint density at radius 1 is 0.643 bits per heavy atom. The number of carboxylic acid groups (broad SMARTS) is 1. The molecular weight excluding hydrogens is 358 g/mol. The van der Waals surface area contributed by atoms with Crippen LogP contribution in [0.2, 0.25) is 0 Å². The lowest BCUT2D eigenvalue weighted by Gasteiger charge is -2.25. The van der Waals surface area contributed by atoms with E-state index in [1.807, 2.05) is 0 Å². The van der Waals surface area contributed by atoms with Gasteiger partial charge in [-0.3, -0.25) is 4.48 Å². The van der Waals surface area contributed by atoms with Crippen LogP contribution < -0.4 is 5.11 Å². The summed E-state index contributed by atoms with van der Waals surface area (Å²) in [6.07, 6.45) is 19.9. The molecule has 0 saturated heterocycles. The Morgan fingerprint density at radius 2 is 0.929 bits per heavy atom. The van der Waals surface area contributed by atoms with Crippen molar-refractivity contribution in [3.05, 3.63) is 0 Å². The van der Waals surface area contributed by atoms with Gasteiger partial charge in [0.1, 0.15) is 0 Å². The van der Waals surface area contributed by atoms with E-state index in [9.17, 15) is 9.90 Å². The minimum absolute atomic E-state index is 0.125. The summed E-state index contributed by atoms with van der Waals surface area (Å²) in [5.74, 6) is -0.903. The number of unbranched alkanes of at least 4 members (excludes halogenated alkanes) is 14. The van der Waals surface area contributed by atoms with E-state index in [1.54, 1.807) is 7.05 Å². The molecule has 6 nitrogen and oxygen atoms in total. The molecule has 0 saturated carbocycles. The van der Waals surface area contributed by atoms with Crippen LogP contribution in [0.15, 0.2) is 0 Å². The van der Waals surface area contributed by atoms with Crippen LogP contribution in [0.1, 0.15) is 110 Å². The summed E-state index contributed by atoms with van der Waals surface area (Å²) >= 11 is 0. The first-order valence-electron chi connectivity index (χ1n) is 11.3. The average molecular weight is 406 g/mol. The zero-order valence-electron chi connectivity index (χ0n) is 18.5. The minimum Gasteiger partial charge on any atom is -0.550 e. The van der Waals surface area contributed by atoms with E-state index in [-0.39, 0.29) is 31.1 Å². The van der Waals surface area contributed by atoms with E-state index < -0.39 is 5.97 Å². The van der Waals surface area contributed by atoms with Gasteiger partial charge in [0, 0.05) is 5.97 Å². The maximum atomic E-state index is 10.2. The number of hydrogen-bond donors (Lipinski definition) is 3. The quantitative estimate of drug-likeness (QED) is 0.174. The molecule has 0 aromatic heterocycles. The lowest BCUT2D eigenvalue weighted by Crippen LogP contribution is -2.46. The van der Waals surface area contributed by atoms with Gasteiger partial charge in [-0.05, 0) is 12.8 Å². The van der Waals surface area contributed by atoms with Crippen LogP contribution in [0.25, 0.3) is 0 Å². The van der Waals surface area contributed by atoms with E-state index in [0.717, 1.165) is 12.8 Å². The Morgan fingerprint density at radius 3 is 1.14 bits per heavy atom. The van der Waals surface area contributed by atoms with Crippen molar-refractivity contribution in [2.45, 2.75) is 110 Å². The summed E-state index contributed by atoms with van der Waals surface area (Å²) in [7, 11) is 1.54.